The predicted molar refractivity (Wildman–Crippen MR) is 38.7 cm³/mol. The molecule has 0 unspecified atom stereocenters. The third-order valence-electron chi connectivity index (χ3n) is 1.15. The zero-order valence-electron chi connectivity index (χ0n) is 6.63. The first-order valence-electron chi connectivity index (χ1n) is 3.43. The van der Waals surface area contributed by atoms with Gasteiger partial charge in [-0.25, -0.2) is 5.48 Å². The first kappa shape index (κ1) is 9.84. The molecule has 4 heteroatoms. The quantitative estimate of drug-likeness (QED) is 0.418. The number of unbranched alkanes of at least 4 members (excludes halogenated alkanes) is 1. The Balaban J connectivity index is 2.77. The highest BCUT2D eigenvalue weighted by molar-refractivity contribution is 4.42. The van der Waals surface area contributed by atoms with Crippen molar-refractivity contribution in [2.24, 2.45) is 0 Å². The molecule has 2 N–H and O–H groups in total. The van der Waals surface area contributed by atoms with Gasteiger partial charge in [0.1, 0.15) is 0 Å². The van der Waals surface area contributed by atoms with Crippen molar-refractivity contribution >= 4 is 0 Å². The van der Waals surface area contributed by atoms with E-state index in [2.05, 4.69) is 10.3 Å². The molecule has 0 aromatic carbocycles. The van der Waals surface area contributed by atoms with Gasteiger partial charge in [-0.2, -0.15) is 5.06 Å². The van der Waals surface area contributed by atoms with Crippen LogP contribution in [0.15, 0.2) is 0 Å². The molecule has 4 nitrogen and oxygen atoms in total. The highest BCUT2D eigenvalue weighted by Gasteiger charge is 1.90. The maximum absolute atomic E-state index is 8.69. The Labute approximate surface area is 61.7 Å². The van der Waals surface area contributed by atoms with Crippen LogP contribution in [0, 0.1) is 0 Å². The second-order valence-electron chi connectivity index (χ2n) is 2.19. The van der Waals surface area contributed by atoms with Crippen LogP contribution in [0.25, 0.3) is 0 Å². The minimum absolute atomic E-state index is 0.714. The van der Waals surface area contributed by atoms with Crippen molar-refractivity contribution in [3.05, 3.63) is 0 Å². The minimum atomic E-state index is 0.714. The number of nitrogens with one attached hydrogen (secondary N) is 1. The first-order chi connectivity index (χ1) is 4.77. The minimum Gasteiger partial charge on any atom is -0.314 e. The second-order valence-corrected chi connectivity index (χ2v) is 2.19. The summed E-state index contributed by atoms with van der Waals surface area (Å²) < 4.78 is 0. The molecular formula is C6H16N2O2. The molecule has 0 aliphatic carbocycles. The summed E-state index contributed by atoms with van der Waals surface area (Å²) in [6.07, 6.45) is 1.99. The van der Waals surface area contributed by atoms with Crippen LogP contribution in [0.4, 0.5) is 0 Å². The summed E-state index contributed by atoms with van der Waals surface area (Å²) in [4.78, 5) is 4.62. The van der Waals surface area contributed by atoms with E-state index < -0.39 is 0 Å². The SMILES string of the molecule is CONCCCCN(C)O. The van der Waals surface area contributed by atoms with Crippen LogP contribution in [-0.4, -0.2) is 37.5 Å². The smallest absolute Gasteiger partial charge is 0.0572 e. The van der Waals surface area contributed by atoms with E-state index >= 15 is 0 Å². The Morgan fingerprint density at radius 3 is 2.70 bits per heavy atom. The molecule has 0 atom stereocenters. The molecule has 0 aromatic rings. The summed E-state index contributed by atoms with van der Waals surface area (Å²) in [5.74, 6) is 0. The van der Waals surface area contributed by atoms with Crippen molar-refractivity contribution in [3.8, 4) is 0 Å². The third-order valence-corrected chi connectivity index (χ3v) is 1.15. The number of rotatable bonds is 6. The van der Waals surface area contributed by atoms with E-state index in [1.54, 1.807) is 14.2 Å². The van der Waals surface area contributed by atoms with Gasteiger partial charge in [-0.3, -0.25) is 0 Å². The number of nitrogens with zero attached hydrogens (tertiary/aromatic N) is 1. The number of hydrogen-bond donors (Lipinski definition) is 2. The molecule has 0 aromatic heterocycles. The summed E-state index contributed by atoms with van der Waals surface area (Å²) in [6, 6.07) is 0. The van der Waals surface area contributed by atoms with Crippen molar-refractivity contribution in [1.29, 1.82) is 0 Å². The van der Waals surface area contributed by atoms with Gasteiger partial charge in [0.25, 0.3) is 0 Å². The molecule has 0 rings (SSSR count). The molecule has 0 saturated heterocycles. The van der Waals surface area contributed by atoms with E-state index in [1.165, 1.54) is 5.06 Å². The van der Waals surface area contributed by atoms with Gasteiger partial charge < -0.3 is 10.0 Å². The van der Waals surface area contributed by atoms with Crippen LogP contribution in [0.5, 0.6) is 0 Å². The van der Waals surface area contributed by atoms with Gasteiger partial charge in [0.15, 0.2) is 0 Å². The van der Waals surface area contributed by atoms with E-state index in [0.717, 1.165) is 19.4 Å². The van der Waals surface area contributed by atoms with Gasteiger partial charge in [-0.1, -0.05) is 0 Å². The molecule has 0 aliphatic heterocycles. The summed E-state index contributed by atoms with van der Waals surface area (Å²) >= 11 is 0. The lowest BCUT2D eigenvalue weighted by Crippen LogP contribution is -2.17. The zero-order valence-corrected chi connectivity index (χ0v) is 6.63. The zero-order chi connectivity index (χ0) is 7.82. The maximum Gasteiger partial charge on any atom is 0.0572 e. The lowest BCUT2D eigenvalue weighted by molar-refractivity contribution is -0.0658. The normalized spacial score (nSPS) is 10.8. The standard InChI is InChI=1S/C6H16N2O2/c1-8(9)6-4-3-5-7-10-2/h7,9H,3-6H2,1-2H3. The summed E-state index contributed by atoms with van der Waals surface area (Å²) in [6.45, 7) is 1.55. The summed E-state index contributed by atoms with van der Waals surface area (Å²) in [7, 11) is 3.24. The molecule has 0 bridgehead atoms. The Kier molecular flexibility index (Phi) is 6.84. The van der Waals surface area contributed by atoms with E-state index in [9.17, 15) is 0 Å². The summed E-state index contributed by atoms with van der Waals surface area (Å²) in [5, 5.41) is 9.88. The highest BCUT2D eigenvalue weighted by atomic mass is 16.6. The maximum atomic E-state index is 8.69. The number of hydrogen-bond acceptors (Lipinski definition) is 4. The van der Waals surface area contributed by atoms with Gasteiger partial charge in [0.05, 0.1) is 7.11 Å². The summed E-state index contributed by atoms with van der Waals surface area (Å²) in [5.41, 5.74) is 2.72. The van der Waals surface area contributed by atoms with Gasteiger partial charge >= 0.3 is 0 Å². The largest absolute Gasteiger partial charge is 0.314 e. The average Bonchev–Trinajstić information content (AvgIpc) is 1.87. The second kappa shape index (κ2) is 6.95. The van der Waals surface area contributed by atoms with Crippen LogP contribution in [0.2, 0.25) is 0 Å². The molecule has 62 valence electrons. The van der Waals surface area contributed by atoms with Gasteiger partial charge in [0.2, 0.25) is 0 Å². The Morgan fingerprint density at radius 2 is 2.20 bits per heavy atom. The monoisotopic (exact) mass is 148 g/mol. The average molecular weight is 148 g/mol. The van der Waals surface area contributed by atoms with Crippen molar-refractivity contribution in [2.75, 3.05) is 27.2 Å². The number of hydroxylamine groups is 3. The molecule has 0 fully saturated rings. The fraction of sp³-hybridized carbons (Fsp3) is 1.00. The fourth-order valence-electron chi connectivity index (χ4n) is 0.640. The van der Waals surface area contributed by atoms with E-state index in [4.69, 9.17) is 5.21 Å². The Hall–Kier alpha value is -0.160. The van der Waals surface area contributed by atoms with E-state index in [-0.39, 0.29) is 0 Å². The van der Waals surface area contributed by atoms with E-state index in [1.807, 2.05) is 0 Å². The van der Waals surface area contributed by atoms with Crippen LogP contribution in [-0.2, 0) is 4.84 Å². The van der Waals surface area contributed by atoms with Gasteiger partial charge in [-0.15, -0.1) is 0 Å². The van der Waals surface area contributed by atoms with Crippen molar-refractivity contribution in [3.63, 3.8) is 0 Å². The van der Waals surface area contributed by atoms with E-state index in [0.29, 0.717) is 6.54 Å². The van der Waals surface area contributed by atoms with Crippen molar-refractivity contribution < 1.29 is 10.0 Å². The third kappa shape index (κ3) is 7.84. The van der Waals surface area contributed by atoms with Crippen LogP contribution in [0.3, 0.4) is 0 Å². The van der Waals surface area contributed by atoms with Crippen molar-refractivity contribution in [1.82, 2.24) is 10.5 Å². The van der Waals surface area contributed by atoms with Gasteiger partial charge in [-0.05, 0) is 12.8 Å². The molecular weight excluding hydrogens is 132 g/mol. The molecule has 0 spiro atoms. The highest BCUT2D eigenvalue weighted by Crippen LogP contribution is 1.87. The fourth-order valence-corrected chi connectivity index (χ4v) is 0.640. The molecule has 0 saturated carbocycles. The lowest BCUT2D eigenvalue weighted by Gasteiger charge is -2.06. The molecule has 0 amide bonds. The lowest BCUT2D eigenvalue weighted by atomic mass is 10.3. The molecule has 0 heterocycles. The van der Waals surface area contributed by atoms with Crippen LogP contribution in [0.1, 0.15) is 12.8 Å². The predicted octanol–water partition coefficient (Wildman–Crippen LogP) is 0.239. The molecule has 0 radical (unpaired) electrons. The van der Waals surface area contributed by atoms with Crippen LogP contribution >= 0.6 is 0 Å². The van der Waals surface area contributed by atoms with Gasteiger partial charge in [0, 0.05) is 20.1 Å². The Bertz CT molecular complexity index is 68.8. The molecule has 10 heavy (non-hydrogen) atoms. The topological polar surface area (TPSA) is 44.7 Å². The van der Waals surface area contributed by atoms with Crippen molar-refractivity contribution in [2.45, 2.75) is 12.8 Å². The molecule has 0 aliphatic rings. The Morgan fingerprint density at radius 1 is 1.50 bits per heavy atom. The van der Waals surface area contributed by atoms with Crippen LogP contribution < -0.4 is 5.48 Å². The first-order valence-corrected chi connectivity index (χ1v) is 3.43.